The lowest BCUT2D eigenvalue weighted by atomic mass is 9.93. The van der Waals surface area contributed by atoms with Gasteiger partial charge in [0.2, 0.25) is 0 Å². The van der Waals surface area contributed by atoms with E-state index in [0.717, 1.165) is 5.69 Å². The molecule has 0 spiro atoms. The van der Waals surface area contributed by atoms with Crippen LogP contribution in [0, 0.1) is 5.41 Å². The summed E-state index contributed by atoms with van der Waals surface area (Å²) in [6.45, 7) is 5.33. The maximum absolute atomic E-state index is 12.3. The second-order valence-corrected chi connectivity index (χ2v) is 5.97. The molecule has 1 rings (SSSR count). The molecule has 0 unspecified atom stereocenters. The summed E-state index contributed by atoms with van der Waals surface area (Å²) in [6, 6.07) is 7.64. The Morgan fingerprint density at radius 2 is 1.68 bits per heavy atom. The monoisotopic (exact) mass is 263 g/mol. The zero-order valence-electron chi connectivity index (χ0n) is 12.6. The van der Waals surface area contributed by atoms with Crippen molar-refractivity contribution >= 4 is 11.6 Å². The van der Waals surface area contributed by atoms with Gasteiger partial charge in [0.05, 0.1) is 0 Å². The lowest BCUT2D eigenvalue weighted by molar-refractivity contribution is 0.0740. The predicted molar refractivity (Wildman–Crippen MR) is 80.6 cm³/mol. The first-order chi connectivity index (χ1) is 8.76. The summed E-state index contributed by atoms with van der Waals surface area (Å²) in [5.74, 6) is 0.0341. The minimum Gasteiger partial charge on any atom is -0.378 e. The predicted octanol–water partition coefficient (Wildman–Crippen LogP) is 1.81. The molecule has 0 aliphatic carbocycles. The number of carbonyl (C=O) groups is 1. The van der Waals surface area contributed by atoms with Crippen molar-refractivity contribution in [3.63, 3.8) is 0 Å². The molecule has 0 saturated heterocycles. The number of amides is 1. The Balaban J connectivity index is 2.77. The van der Waals surface area contributed by atoms with Gasteiger partial charge >= 0.3 is 0 Å². The zero-order valence-corrected chi connectivity index (χ0v) is 12.6. The first kappa shape index (κ1) is 15.5. The Hall–Kier alpha value is -1.55. The van der Waals surface area contributed by atoms with Crippen LogP contribution in [0.4, 0.5) is 5.69 Å². The maximum Gasteiger partial charge on any atom is 0.253 e. The van der Waals surface area contributed by atoms with Crippen LogP contribution in [-0.2, 0) is 0 Å². The van der Waals surface area contributed by atoms with E-state index in [0.29, 0.717) is 18.7 Å². The van der Waals surface area contributed by atoms with E-state index in [1.54, 1.807) is 4.90 Å². The first-order valence-corrected chi connectivity index (χ1v) is 6.50. The highest BCUT2D eigenvalue weighted by Crippen LogP contribution is 2.17. The van der Waals surface area contributed by atoms with Gasteiger partial charge in [0.15, 0.2) is 0 Å². The van der Waals surface area contributed by atoms with Crippen molar-refractivity contribution < 1.29 is 4.79 Å². The minimum atomic E-state index is -0.0615. The SMILES string of the molecule is CN(CC(C)(C)CN)C(=O)c1ccc(N(C)C)cc1. The van der Waals surface area contributed by atoms with Crippen LogP contribution in [0.25, 0.3) is 0 Å². The van der Waals surface area contributed by atoms with Gasteiger partial charge in [0.25, 0.3) is 5.91 Å². The van der Waals surface area contributed by atoms with Crippen molar-refractivity contribution in [1.82, 2.24) is 4.90 Å². The summed E-state index contributed by atoms with van der Waals surface area (Å²) in [4.78, 5) is 16.0. The molecular formula is C15H25N3O. The molecule has 1 amide bonds. The fourth-order valence-electron chi connectivity index (χ4n) is 1.90. The van der Waals surface area contributed by atoms with Crippen LogP contribution in [-0.4, -0.2) is 45.0 Å². The van der Waals surface area contributed by atoms with Crippen molar-refractivity contribution in [1.29, 1.82) is 0 Å². The molecule has 0 heterocycles. The van der Waals surface area contributed by atoms with Crippen LogP contribution in [0.1, 0.15) is 24.2 Å². The van der Waals surface area contributed by atoms with Crippen LogP contribution >= 0.6 is 0 Å². The molecule has 0 saturated carbocycles. The molecule has 1 aromatic carbocycles. The number of benzene rings is 1. The van der Waals surface area contributed by atoms with E-state index in [-0.39, 0.29) is 11.3 Å². The fraction of sp³-hybridized carbons (Fsp3) is 0.533. The van der Waals surface area contributed by atoms with Gasteiger partial charge in [-0.3, -0.25) is 4.79 Å². The third kappa shape index (κ3) is 4.24. The van der Waals surface area contributed by atoms with Crippen molar-refractivity contribution in [2.45, 2.75) is 13.8 Å². The van der Waals surface area contributed by atoms with Gasteiger partial charge in [0.1, 0.15) is 0 Å². The van der Waals surface area contributed by atoms with Gasteiger partial charge in [-0.05, 0) is 36.2 Å². The quantitative estimate of drug-likeness (QED) is 0.881. The number of nitrogens with two attached hydrogens (primary N) is 1. The number of hydrogen-bond acceptors (Lipinski definition) is 3. The van der Waals surface area contributed by atoms with Gasteiger partial charge in [0, 0.05) is 38.9 Å². The van der Waals surface area contributed by atoms with Crippen molar-refractivity contribution in [2.24, 2.45) is 11.1 Å². The van der Waals surface area contributed by atoms with Crippen LogP contribution in [0.3, 0.4) is 0 Å². The van der Waals surface area contributed by atoms with E-state index in [1.807, 2.05) is 50.3 Å². The minimum absolute atomic E-state index is 0.0341. The molecule has 1 aromatic rings. The van der Waals surface area contributed by atoms with Crippen LogP contribution in [0.15, 0.2) is 24.3 Å². The van der Waals surface area contributed by atoms with E-state index in [1.165, 1.54) is 0 Å². The van der Waals surface area contributed by atoms with Crippen LogP contribution in [0.5, 0.6) is 0 Å². The van der Waals surface area contributed by atoms with Gasteiger partial charge in [-0.2, -0.15) is 0 Å². The van der Waals surface area contributed by atoms with Crippen molar-refractivity contribution in [3.05, 3.63) is 29.8 Å². The lowest BCUT2D eigenvalue weighted by Gasteiger charge is -2.29. The molecule has 0 radical (unpaired) electrons. The van der Waals surface area contributed by atoms with Gasteiger partial charge in [-0.15, -0.1) is 0 Å². The highest BCUT2D eigenvalue weighted by molar-refractivity contribution is 5.94. The molecule has 106 valence electrons. The third-order valence-electron chi connectivity index (χ3n) is 3.20. The summed E-state index contributed by atoms with van der Waals surface area (Å²) in [7, 11) is 5.78. The van der Waals surface area contributed by atoms with E-state index >= 15 is 0 Å². The number of rotatable bonds is 5. The molecule has 0 atom stereocenters. The van der Waals surface area contributed by atoms with Gasteiger partial charge < -0.3 is 15.5 Å². The third-order valence-corrected chi connectivity index (χ3v) is 3.20. The van der Waals surface area contributed by atoms with Crippen LogP contribution < -0.4 is 10.6 Å². The average molecular weight is 263 g/mol. The normalized spacial score (nSPS) is 11.3. The second-order valence-electron chi connectivity index (χ2n) is 5.97. The zero-order chi connectivity index (χ0) is 14.6. The van der Waals surface area contributed by atoms with Crippen molar-refractivity contribution in [2.75, 3.05) is 39.1 Å². The standard InChI is InChI=1S/C15H25N3O/c1-15(2,10-16)11-18(5)14(19)12-6-8-13(9-7-12)17(3)4/h6-9H,10-11,16H2,1-5H3. The largest absolute Gasteiger partial charge is 0.378 e. The molecular weight excluding hydrogens is 238 g/mol. The summed E-state index contributed by atoms with van der Waals surface area (Å²) in [6.07, 6.45) is 0. The molecule has 0 aromatic heterocycles. The molecule has 2 N–H and O–H groups in total. The highest BCUT2D eigenvalue weighted by atomic mass is 16.2. The molecule has 4 heteroatoms. The van der Waals surface area contributed by atoms with Gasteiger partial charge in [-0.1, -0.05) is 13.8 Å². The second kappa shape index (κ2) is 6.06. The number of nitrogens with zero attached hydrogens (tertiary/aromatic N) is 2. The van der Waals surface area contributed by atoms with Crippen molar-refractivity contribution in [3.8, 4) is 0 Å². The summed E-state index contributed by atoms with van der Waals surface area (Å²) in [5, 5.41) is 0. The van der Waals surface area contributed by atoms with E-state index < -0.39 is 0 Å². The number of hydrogen-bond donors (Lipinski definition) is 1. The summed E-state index contributed by atoms with van der Waals surface area (Å²) in [5.41, 5.74) is 7.44. The average Bonchev–Trinajstić information content (AvgIpc) is 2.37. The number of anilines is 1. The lowest BCUT2D eigenvalue weighted by Crippen LogP contribution is -2.39. The van der Waals surface area contributed by atoms with E-state index in [2.05, 4.69) is 13.8 Å². The summed E-state index contributed by atoms with van der Waals surface area (Å²) >= 11 is 0. The van der Waals surface area contributed by atoms with Crippen LogP contribution in [0.2, 0.25) is 0 Å². The smallest absolute Gasteiger partial charge is 0.253 e. The molecule has 4 nitrogen and oxygen atoms in total. The Labute approximate surface area is 116 Å². The fourth-order valence-corrected chi connectivity index (χ4v) is 1.90. The highest BCUT2D eigenvalue weighted by Gasteiger charge is 2.21. The molecule has 19 heavy (non-hydrogen) atoms. The van der Waals surface area contributed by atoms with E-state index in [4.69, 9.17) is 5.73 Å². The topological polar surface area (TPSA) is 49.6 Å². The van der Waals surface area contributed by atoms with Gasteiger partial charge in [-0.25, -0.2) is 0 Å². The molecule has 0 aliphatic rings. The molecule has 0 aliphatic heterocycles. The number of carbonyl (C=O) groups excluding carboxylic acids is 1. The first-order valence-electron chi connectivity index (χ1n) is 6.50. The maximum atomic E-state index is 12.3. The Bertz CT molecular complexity index is 424. The van der Waals surface area contributed by atoms with E-state index in [9.17, 15) is 4.79 Å². The Morgan fingerprint density at radius 3 is 2.11 bits per heavy atom. The molecule has 0 fully saturated rings. The summed E-state index contributed by atoms with van der Waals surface area (Å²) < 4.78 is 0. The Kier molecular flexibility index (Phi) is 4.95. The molecule has 0 bridgehead atoms. The Morgan fingerprint density at radius 1 is 1.16 bits per heavy atom.